The second-order valence-electron chi connectivity index (χ2n) is 8.44. The van der Waals surface area contributed by atoms with Crippen LogP contribution in [0.5, 0.6) is 0 Å². The number of hydrogen-bond acceptors (Lipinski definition) is 5. The zero-order chi connectivity index (χ0) is 22.1. The van der Waals surface area contributed by atoms with Gasteiger partial charge in [0.2, 0.25) is 0 Å². The lowest BCUT2D eigenvalue weighted by Gasteiger charge is -2.28. The van der Waals surface area contributed by atoms with Crippen LogP contribution in [0.1, 0.15) is 35.6 Å². The van der Waals surface area contributed by atoms with Crippen molar-refractivity contribution in [2.45, 2.75) is 31.9 Å². The molecule has 2 aromatic carbocycles. The van der Waals surface area contributed by atoms with Gasteiger partial charge in [-0.05, 0) is 37.5 Å². The Kier molecular flexibility index (Phi) is 5.83. The molecule has 0 radical (unpaired) electrons. The molecular formula is C25H28N2O4. The number of anilines is 1. The summed E-state index contributed by atoms with van der Waals surface area (Å²) >= 11 is 0. The van der Waals surface area contributed by atoms with Crippen LogP contribution in [-0.4, -0.2) is 55.0 Å². The molecular weight excluding hydrogens is 392 g/mol. The number of aryl methyl sites for hydroxylation is 1. The Hall–Kier alpha value is -3.12. The summed E-state index contributed by atoms with van der Waals surface area (Å²) in [4.78, 5) is 29.6. The third-order valence-electron chi connectivity index (χ3n) is 6.01. The van der Waals surface area contributed by atoms with E-state index in [-0.39, 0.29) is 17.4 Å². The number of ether oxygens (including phenoxy) is 1. The molecule has 1 amide bonds. The van der Waals surface area contributed by atoms with Crippen LogP contribution in [0.2, 0.25) is 0 Å². The molecule has 162 valence electrons. The highest BCUT2D eigenvalue weighted by atomic mass is 16.5. The predicted octanol–water partition coefficient (Wildman–Crippen LogP) is 3.66. The van der Waals surface area contributed by atoms with Crippen molar-refractivity contribution in [1.29, 1.82) is 0 Å². The number of carbonyl (C=O) groups excluding carboxylic acids is 2. The molecule has 0 spiro atoms. The van der Waals surface area contributed by atoms with Gasteiger partial charge in [-0.1, -0.05) is 42.0 Å². The number of aliphatic hydroxyl groups is 1. The van der Waals surface area contributed by atoms with Gasteiger partial charge in [0.25, 0.3) is 11.7 Å². The van der Waals surface area contributed by atoms with Gasteiger partial charge in [0.05, 0.1) is 17.7 Å². The van der Waals surface area contributed by atoms with Crippen molar-refractivity contribution >= 4 is 23.1 Å². The van der Waals surface area contributed by atoms with E-state index in [2.05, 4.69) is 0 Å². The second-order valence-corrected chi connectivity index (χ2v) is 8.44. The van der Waals surface area contributed by atoms with E-state index >= 15 is 0 Å². The second kappa shape index (κ2) is 8.55. The number of benzene rings is 2. The Balaban J connectivity index is 1.80. The molecule has 2 fully saturated rings. The number of aliphatic hydroxyl groups excluding tert-OH is 1. The number of nitrogens with zero attached hydrogens (tertiary/aromatic N) is 2. The monoisotopic (exact) mass is 420 g/mol. The van der Waals surface area contributed by atoms with Gasteiger partial charge < -0.3 is 19.6 Å². The van der Waals surface area contributed by atoms with Gasteiger partial charge in [0.15, 0.2) is 0 Å². The Bertz CT molecular complexity index is 1000. The number of hydrogen-bond donors (Lipinski definition) is 1. The van der Waals surface area contributed by atoms with Crippen LogP contribution < -0.4 is 4.90 Å². The molecule has 0 aromatic heterocycles. The summed E-state index contributed by atoms with van der Waals surface area (Å²) in [5.74, 6) is -1.39. The number of amides is 1. The molecule has 1 N–H and O–H groups in total. The molecule has 2 heterocycles. The fourth-order valence-electron chi connectivity index (χ4n) is 4.24. The zero-order valence-electron chi connectivity index (χ0n) is 18.2. The van der Waals surface area contributed by atoms with Crippen molar-refractivity contribution in [3.05, 3.63) is 70.8 Å². The Morgan fingerprint density at radius 2 is 1.77 bits per heavy atom. The molecule has 2 aromatic rings. The zero-order valence-corrected chi connectivity index (χ0v) is 18.2. The van der Waals surface area contributed by atoms with E-state index in [0.29, 0.717) is 18.7 Å². The highest BCUT2D eigenvalue weighted by Gasteiger charge is 2.47. The van der Waals surface area contributed by atoms with Gasteiger partial charge in [-0.2, -0.15) is 0 Å². The molecule has 4 rings (SSSR count). The van der Waals surface area contributed by atoms with Crippen molar-refractivity contribution < 1.29 is 19.4 Å². The highest BCUT2D eigenvalue weighted by molar-refractivity contribution is 6.46. The number of carbonyl (C=O) groups is 2. The lowest BCUT2D eigenvalue weighted by atomic mass is 9.94. The van der Waals surface area contributed by atoms with E-state index in [4.69, 9.17) is 4.74 Å². The fraction of sp³-hybridized carbons (Fsp3) is 0.360. The lowest BCUT2D eigenvalue weighted by Crippen LogP contribution is -2.36. The van der Waals surface area contributed by atoms with Crippen molar-refractivity contribution in [3.63, 3.8) is 0 Å². The summed E-state index contributed by atoms with van der Waals surface area (Å²) in [5, 5.41) is 11.1. The van der Waals surface area contributed by atoms with Crippen molar-refractivity contribution in [3.8, 4) is 0 Å². The topological polar surface area (TPSA) is 70.1 Å². The van der Waals surface area contributed by atoms with Crippen LogP contribution in [0.25, 0.3) is 5.76 Å². The van der Waals surface area contributed by atoms with Crippen molar-refractivity contribution in [1.82, 2.24) is 4.90 Å². The maximum Gasteiger partial charge on any atom is 0.295 e. The molecule has 2 saturated heterocycles. The van der Waals surface area contributed by atoms with Gasteiger partial charge in [0, 0.05) is 38.5 Å². The first kappa shape index (κ1) is 21.1. The molecule has 0 bridgehead atoms. The Labute approximate surface area is 182 Å². The van der Waals surface area contributed by atoms with Gasteiger partial charge >= 0.3 is 0 Å². The third-order valence-corrected chi connectivity index (χ3v) is 6.01. The van der Waals surface area contributed by atoms with E-state index in [1.54, 1.807) is 17.0 Å². The van der Waals surface area contributed by atoms with Crippen LogP contribution in [0.4, 0.5) is 5.69 Å². The average Bonchev–Trinajstić information content (AvgIpc) is 3.36. The van der Waals surface area contributed by atoms with E-state index in [1.807, 2.05) is 62.3 Å². The minimum atomic E-state index is -0.655. The molecule has 2 atom stereocenters. The molecule has 31 heavy (non-hydrogen) atoms. The fourth-order valence-corrected chi connectivity index (χ4v) is 4.24. The quantitative estimate of drug-likeness (QED) is 0.454. The SMILES string of the molecule is Cc1ccc(C(O)=C2C(=O)C(=O)N(C[C@H]3CCCO3)[C@@H]2c2ccc(N(C)C)cc2)cc1. The van der Waals surface area contributed by atoms with E-state index < -0.39 is 17.7 Å². The van der Waals surface area contributed by atoms with E-state index in [9.17, 15) is 14.7 Å². The molecule has 0 aliphatic carbocycles. The van der Waals surface area contributed by atoms with Gasteiger partial charge in [-0.25, -0.2) is 0 Å². The maximum absolute atomic E-state index is 13.1. The summed E-state index contributed by atoms with van der Waals surface area (Å²) in [6.45, 7) is 2.95. The highest BCUT2D eigenvalue weighted by Crippen LogP contribution is 2.40. The molecule has 2 aliphatic heterocycles. The van der Waals surface area contributed by atoms with Crippen LogP contribution in [0.15, 0.2) is 54.1 Å². The summed E-state index contributed by atoms with van der Waals surface area (Å²) in [6.07, 6.45) is 1.70. The van der Waals surface area contributed by atoms with Crippen LogP contribution in [0.3, 0.4) is 0 Å². The first-order valence-corrected chi connectivity index (χ1v) is 10.6. The summed E-state index contributed by atoms with van der Waals surface area (Å²) in [5.41, 5.74) is 3.50. The largest absolute Gasteiger partial charge is 0.507 e. The Morgan fingerprint density at radius 1 is 1.10 bits per heavy atom. The predicted molar refractivity (Wildman–Crippen MR) is 120 cm³/mol. The standard InChI is InChI=1S/C25H28N2O4/c1-16-6-8-18(9-7-16)23(28)21-22(17-10-12-19(13-11-17)26(2)3)27(25(30)24(21)29)15-20-5-4-14-31-20/h6-13,20,22,28H,4-5,14-15H2,1-3H3/t20-,22-/m1/s1. The minimum Gasteiger partial charge on any atom is -0.507 e. The molecule has 0 unspecified atom stereocenters. The Morgan fingerprint density at radius 3 is 2.35 bits per heavy atom. The van der Waals surface area contributed by atoms with Crippen molar-refractivity contribution in [2.75, 3.05) is 32.1 Å². The normalized spacial score (nSPS) is 22.9. The summed E-state index contributed by atoms with van der Waals surface area (Å²) in [7, 11) is 3.91. The molecule has 0 saturated carbocycles. The smallest absolute Gasteiger partial charge is 0.295 e. The summed E-state index contributed by atoms with van der Waals surface area (Å²) in [6, 6.07) is 14.4. The maximum atomic E-state index is 13.1. The third kappa shape index (κ3) is 4.08. The van der Waals surface area contributed by atoms with E-state index in [0.717, 1.165) is 29.7 Å². The number of Topliss-reactive ketones (excluding diaryl/α,β-unsaturated/α-hetero) is 1. The van der Waals surface area contributed by atoms with Gasteiger partial charge in [-0.15, -0.1) is 0 Å². The first-order valence-electron chi connectivity index (χ1n) is 10.6. The number of likely N-dealkylation sites (tertiary alicyclic amines) is 1. The minimum absolute atomic E-state index is 0.0961. The van der Waals surface area contributed by atoms with Gasteiger partial charge in [-0.3, -0.25) is 9.59 Å². The number of rotatable bonds is 5. The average molecular weight is 421 g/mol. The van der Waals surface area contributed by atoms with Gasteiger partial charge in [0.1, 0.15) is 5.76 Å². The summed E-state index contributed by atoms with van der Waals surface area (Å²) < 4.78 is 5.74. The van der Waals surface area contributed by atoms with Crippen LogP contribution >= 0.6 is 0 Å². The number of ketones is 1. The molecule has 6 nitrogen and oxygen atoms in total. The van der Waals surface area contributed by atoms with Crippen LogP contribution in [0, 0.1) is 6.92 Å². The first-order chi connectivity index (χ1) is 14.9. The van der Waals surface area contributed by atoms with Crippen LogP contribution in [-0.2, 0) is 14.3 Å². The molecule has 2 aliphatic rings. The lowest BCUT2D eigenvalue weighted by molar-refractivity contribution is -0.140. The van der Waals surface area contributed by atoms with Crippen molar-refractivity contribution in [2.24, 2.45) is 0 Å². The molecule has 6 heteroatoms. The van der Waals surface area contributed by atoms with E-state index in [1.165, 1.54) is 0 Å².